The van der Waals surface area contributed by atoms with Crippen LogP contribution in [0.15, 0.2) is 10.7 Å². The lowest BCUT2D eigenvalue weighted by molar-refractivity contribution is -0.0161. The number of aryl methyl sites for hydroxylation is 1. The maximum Gasteiger partial charge on any atom is 0.256 e. The number of nitrogens with two attached hydrogens (primary N) is 1. The van der Waals surface area contributed by atoms with E-state index in [2.05, 4.69) is 10.5 Å². The number of nitrogens with zero attached hydrogens (tertiary/aromatic N) is 1. The molecule has 4 unspecified atom stereocenters. The summed E-state index contributed by atoms with van der Waals surface area (Å²) in [5.74, 6) is 0.710. The smallest absolute Gasteiger partial charge is 0.256 e. The first kappa shape index (κ1) is 10.7. The number of amides is 1. The largest absolute Gasteiger partial charge is 0.376 e. The molecule has 1 amide bonds. The second kappa shape index (κ2) is 3.82. The zero-order chi connectivity index (χ0) is 12.0. The van der Waals surface area contributed by atoms with Crippen LogP contribution in [0.2, 0.25) is 0 Å². The molecule has 0 spiro atoms. The van der Waals surface area contributed by atoms with Gasteiger partial charge in [-0.1, -0.05) is 5.16 Å². The standard InChI is InChI=1S/C11H15N3O3/c1-5-7(4-13-17-5)11(15)14-9-8(12)6-2-3-16-10(6)9/h4,6,8-10H,2-3,12H2,1H3,(H,14,15). The second-order valence-corrected chi connectivity index (χ2v) is 4.66. The fourth-order valence-corrected chi connectivity index (χ4v) is 2.67. The zero-order valence-electron chi connectivity index (χ0n) is 9.55. The van der Waals surface area contributed by atoms with Crippen LogP contribution < -0.4 is 11.1 Å². The fraction of sp³-hybridized carbons (Fsp3) is 0.636. The van der Waals surface area contributed by atoms with Crippen molar-refractivity contribution in [3.8, 4) is 0 Å². The summed E-state index contributed by atoms with van der Waals surface area (Å²) >= 11 is 0. The zero-order valence-corrected chi connectivity index (χ0v) is 9.55. The van der Waals surface area contributed by atoms with E-state index in [1.54, 1.807) is 6.92 Å². The van der Waals surface area contributed by atoms with Crippen molar-refractivity contribution < 1.29 is 14.1 Å². The first-order valence-corrected chi connectivity index (χ1v) is 5.78. The first-order valence-electron chi connectivity index (χ1n) is 5.78. The van der Waals surface area contributed by atoms with Crippen LogP contribution in [0.25, 0.3) is 0 Å². The third kappa shape index (κ3) is 1.56. The van der Waals surface area contributed by atoms with E-state index >= 15 is 0 Å². The highest BCUT2D eigenvalue weighted by molar-refractivity contribution is 5.95. The summed E-state index contributed by atoms with van der Waals surface area (Å²) in [7, 11) is 0. The SMILES string of the molecule is Cc1oncc1C(=O)NC1C(N)C2CCOC21. The molecule has 1 aromatic heterocycles. The molecule has 17 heavy (non-hydrogen) atoms. The van der Waals surface area contributed by atoms with E-state index in [-0.39, 0.29) is 24.1 Å². The predicted octanol–water partition coefficient (Wildman–Crippen LogP) is -0.173. The Morgan fingerprint density at radius 2 is 2.47 bits per heavy atom. The van der Waals surface area contributed by atoms with Gasteiger partial charge in [0.25, 0.3) is 5.91 Å². The van der Waals surface area contributed by atoms with Crippen LogP contribution >= 0.6 is 0 Å². The Bertz CT molecular complexity index is 445. The van der Waals surface area contributed by atoms with Crippen molar-refractivity contribution in [3.05, 3.63) is 17.5 Å². The third-order valence-corrected chi connectivity index (χ3v) is 3.74. The number of aromatic nitrogens is 1. The quantitative estimate of drug-likeness (QED) is 0.745. The van der Waals surface area contributed by atoms with Crippen LogP contribution in [0.1, 0.15) is 22.5 Å². The molecule has 0 bridgehead atoms. The minimum absolute atomic E-state index is 0.00776. The maximum atomic E-state index is 11.9. The molecule has 2 aliphatic rings. The van der Waals surface area contributed by atoms with Gasteiger partial charge in [0.2, 0.25) is 0 Å². The molecule has 1 aromatic rings. The Hall–Kier alpha value is -1.40. The number of carbonyl (C=O) groups is 1. The van der Waals surface area contributed by atoms with Crippen LogP contribution in [-0.4, -0.2) is 35.9 Å². The molecule has 1 aliphatic heterocycles. The minimum Gasteiger partial charge on any atom is -0.376 e. The van der Waals surface area contributed by atoms with E-state index in [4.69, 9.17) is 15.0 Å². The van der Waals surface area contributed by atoms with Crippen molar-refractivity contribution in [1.29, 1.82) is 0 Å². The summed E-state index contributed by atoms with van der Waals surface area (Å²) in [6, 6.07) is -0.101. The average Bonchev–Trinajstić information content (AvgIpc) is 2.91. The summed E-state index contributed by atoms with van der Waals surface area (Å²) in [4.78, 5) is 11.9. The van der Waals surface area contributed by atoms with Crippen LogP contribution in [-0.2, 0) is 4.74 Å². The van der Waals surface area contributed by atoms with Crippen molar-refractivity contribution in [2.75, 3.05) is 6.61 Å². The Morgan fingerprint density at radius 3 is 3.18 bits per heavy atom. The number of hydrogen-bond donors (Lipinski definition) is 2. The normalized spacial score (nSPS) is 35.2. The summed E-state index contributed by atoms with van der Waals surface area (Å²) in [5.41, 5.74) is 6.47. The van der Waals surface area contributed by atoms with E-state index < -0.39 is 0 Å². The Kier molecular flexibility index (Phi) is 2.41. The molecule has 3 rings (SSSR count). The molecule has 6 nitrogen and oxygen atoms in total. The van der Waals surface area contributed by atoms with Gasteiger partial charge in [0, 0.05) is 18.6 Å². The van der Waals surface area contributed by atoms with E-state index in [9.17, 15) is 4.79 Å². The van der Waals surface area contributed by atoms with Crippen molar-refractivity contribution in [1.82, 2.24) is 10.5 Å². The molecular weight excluding hydrogens is 222 g/mol. The van der Waals surface area contributed by atoms with Crippen molar-refractivity contribution in [2.24, 2.45) is 11.7 Å². The molecule has 1 saturated carbocycles. The number of hydrogen-bond acceptors (Lipinski definition) is 5. The fourth-order valence-electron chi connectivity index (χ4n) is 2.67. The van der Waals surface area contributed by atoms with Gasteiger partial charge in [0.15, 0.2) is 0 Å². The lowest BCUT2D eigenvalue weighted by atomic mass is 9.72. The Labute approximate surface area is 98.5 Å². The Balaban J connectivity index is 1.68. The van der Waals surface area contributed by atoms with E-state index in [1.165, 1.54) is 6.20 Å². The van der Waals surface area contributed by atoms with E-state index in [1.807, 2.05) is 0 Å². The number of rotatable bonds is 2. The predicted molar refractivity (Wildman–Crippen MR) is 58.3 cm³/mol. The lowest BCUT2D eigenvalue weighted by Gasteiger charge is -2.45. The maximum absolute atomic E-state index is 11.9. The molecule has 2 fully saturated rings. The highest BCUT2D eigenvalue weighted by Gasteiger charge is 2.52. The molecule has 92 valence electrons. The average molecular weight is 237 g/mol. The topological polar surface area (TPSA) is 90.4 Å². The number of nitrogens with one attached hydrogen (secondary N) is 1. The number of carbonyl (C=O) groups excluding carboxylic acids is 1. The first-order chi connectivity index (χ1) is 8.18. The monoisotopic (exact) mass is 237 g/mol. The van der Waals surface area contributed by atoms with Crippen molar-refractivity contribution >= 4 is 5.91 Å². The van der Waals surface area contributed by atoms with Gasteiger partial charge in [-0.2, -0.15) is 0 Å². The third-order valence-electron chi connectivity index (χ3n) is 3.74. The number of fused-ring (bicyclic) bond motifs is 1. The Morgan fingerprint density at radius 1 is 1.65 bits per heavy atom. The molecule has 0 radical (unpaired) electrons. The van der Waals surface area contributed by atoms with Gasteiger partial charge in [0.05, 0.1) is 18.3 Å². The van der Waals surface area contributed by atoms with E-state index in [0.29, 0.717) is 17.2 Å². The molecule has 3 N–H and O–H groups in total. The minimum atomic E-state index is -0.196. The van der Waals surface area contributed by atoms with Crippen molar-refractivity contribution in [3.63, 3.8) is 0 Å². The molecule has 1 saturated heterocycles. The lowest BCUT2D eigenvalue weighted by Crippen LogP contribution is -2.68. The highest BCUT2D eigenvalue weighted by atomic mass is 16.5. The van der Waals surface area contributed by atoms with Gasteiger partial charge in [-0.3, -0.25) is 4.79 Å². The molecular formula is C11H15N3O3. The number of ether oxygens (including phenoxy) is 1. The highest BCUT2D eigenvalue weighted by Crippen LogP contribution is 2.37. The second-order valence-electron chi connectivity index (χ2n) is 4.66. The van der Waals surface area contributed by atoms with E-state index in [0.717, 1.165) is 13.0 Å². The summed E-state index contributed by atoms with van der Waals surface area (Å²) in [6.45, 7) is 2.44. The molecule has 4 atom stereocenters. The van der Waals surface area contributed by atoms with Gasteiger partial charge in [-0.15, -0.1) is 0 Å². The van der Waals surface area contributed by atoms with Crippen LogP contribution in [0.3, 0.4) is 0 Å². The molecule has 0 aromatic carbocycles. The molecule has 1 aliphatic carbocycles. The molecule has 2 heterocycles. The summed E-state index contributed by atoms with van der Waals surface area (Å²) in [5, 5.41) is 6.47. The summed E-state index contributed by atoms with van der Waals surface area (Å²) < 4.78 is 10.4. The van der Waals surface area contributed by atoms with Crippen molar-refractivity contribution in [2.45, 2.75) is 31.5 Å². The van der Waals surface area contributed by atoms with Crippen LogP contribution in [0.4, 0.5) is 0 Å². The molecule has 6 heteroatoms. The van der Waals surface area contributed by atoms with Gasteiger partial charge in [-0.25, -0.2) is 0 Å². The summed E-state index contributed by atoms with van der Waals surface area (Å²) in [6.07, 6.45) is 2.49. The van der Waals surface area contributed by atoms with Gasteiger partial charge >= 0.3 is 0 Å². The van der Waals surface area contributed by atoms with Gasteiger partial charge in [0.1, 0.15) is 11.3 Å². The van der Waals surface area contributed by atoms with Gasteiger partial charge < -0.3 is 20.3 Å². The van der Waals surface area contributed by atoms with Gasteiger partial charge in [-0.05, 0) is 13.3 Å². The van der Waals surface area contributed by atoms with Crippen LogP contribution in [0.5, 0.6) is 0 Å². The van der Waals surface area contributed by atoms with Crippen LogP contribution in [0, 0.1) is 12.8 Å².